The van der Waals surface area contributed by atoms with Gasteiger partial charge >= 0.3 is 0 Å². The minimum absolute atomic E-state index is 0.410. The van der Waals surface area contributed by atoms with Crippen LogP contribution in [0.15, 0.2) is 18.7 Å². The Hall–Kier alpha value is -2.11. The number of imidazole rings is 1. The van der Waals surface area contributed by atoms with Gasteiger partial charge in [0.1, 0.15) is 17.8 Å². The van der Waals surface area contributed by atoms with E-state index in [9.17, 15) is 0 Å². The van der Waals surface area contributed by atoms with Gasteiger partial charge in [-0.15, -0.1) is 0 Å². The van der Waals surface area contributed by atoms with Gasteiger partial charge in [-0.1, -0.05) is 6.92 Å². The minimum atomic E-state index is 0.410. The molecule has 0 aliphatic carbocycles. The van der Waals surface area contributed by atoms with Gasteiger partial charge in [0, 0.05) is 18.8 Å². The summed E-state index contributed by atoms with van der Waals surface area (Å²) < 4.78 is 7.19. The molecule has 0 unspecified atom stereocenters. The lowest BCUT2D eigenvalue weighted by molar-refractivity contribution is 0.328. The Morgan fingerprint density at radius 2 is 2.12 bits per heavy atom. The zero-order valence-corrected chi connectivity index (χ0v) is 9.92. The number of nitrogen functional groups attached to an aromatic ring is 1. The Kier molecular flexibility index (Phi) is 3.22. The molecule has 0 saturated heterocycles. The highest BCUT2D eigenvalue weighted by Gasteiger charge is 2.12. The van der Waals surface area contributed by atoms with Crippen LogP contribution in [0.3, 0.4) is 0 Å². The van der Waals surface area contributed by atoms with Crippen LogP contribution in [0.5, 0.6) is 5.88 Å². The van der Waals surface area contributed by atoms with Crippen LogP contribution in [0.1, 0.15) is 19.7 Å². The molecule has 6 heteroatoms. The SMILES string of the molecule is CCOc1ncnc(-n2ccnc2CC)c1N. The van der Waals surface area contributed by atoms with Crippen LogP contribution in [-0.4, -0.2) is 26.1 Å². The molecule has 0 aromatic carbocycles. The molecule has 90 valence electrons. The average molecular weight is 233 g/mol. The molecule has 6 nitrogen and oxygen atoms in total. The number of rotatable bonds is 4. The third-order valence-corrected chi connectivity index (χ3v) is 2.37. The molecule has 2 aromatic heterocycles. The number of nitrogens with two attached hydrogens (primary N) is 1. The van der Waals surface area contributed by atoms with Crippen LogP contribution < -0.4 is 10.5 Å². The number of aromatic nitrogens is 4. The predicted octanol–water partition coefficient (Wildman–Crippen LogP) is 1.21. The Bertz CT molecular complexity index is 508. The second-order valence-electron chi connectivity index (χ2n) is 3.42. The van der Waals surface area contributed by atoms with E-state index in [1.807, 2.05) is 24.6 Å². The largest absolute Gasteiger partial charge is 0.476 e. The van der Waals surface area contributed by atoms with Crippen LogP contribution in [0, 0.1) is 0 Å². The van der Waals surface area contributed by atoms with Gasteiger partial charge in [0.2, 0.25) is 5.88 Å². The van der Waals surface area contributed by atoms with E-state index < -0.39 is 0 Å². The summed E-state index contributed by atoms with van der Waals surface area (Å²) >= 11 is 0. The second kappa shape index (κ2) is 4.82. The van der Waals surface area contributed by atoms with Crippen molar-refractivity contribution in [2.45, 2.75) is 20.3 Å². The maximum atomic E-state index is 5.99. The number of aryl methyl sites for hydroxylation is 1. The fourth-order valence-corrected chi connectivity index (χ4v) is 1.60. The molecule has 2 heterocycles. The third kappa shape index (κ3) is 2.06. The molecule has 2 aromatic rings. The van der Waals surface area contributed by atoms with Gasteiger partial charge in [-0.3, -0.25) is 4.57 Å². The lowest BCUT2D eigenvalue weighted by Crippen LogP contribution is -2.08. The van der Waals surface area contributed by atoms with Crippen LogP contribution in [0.25, 0.3) is 5.82 Å². The Balaban J connectivity index is 2.49. The summed E-state index contributed by atoms with van der Waals surface area (Å²) in [5, 5.41) is 0. The molecular weight excluding hydrogens is 218 g/mol. The molecule has 0 amide bonds. The summed E-state index contributed by atoms with van der Waals surface area (Å²) in [5.74, 6) is 1.92. The van der Waals surface area contributed by atoms with Crippen LogP contribution in [0.2, 0.25) is 0 Å². The first-order valence-electron chi connectivity index (χ1n) is 5.53. The molecule has 17 heavy (non-hydrogen) atoms. The summed E-state index contributed by atoms with van der Waals surface area (Å²) in [6.45, 7) is 4.43. The number of hydrogen-bond acceptors (Lipinski definition) is 5. The Morgan fingerprint density at radius 3 is 2.82 bits per heavy atom. The third-order valence-electron chi connectivity index (χ3n) is 2.37. The zero-order valence-electron chi connectivity index (χ0n) is 9.92. The van der Waals surface area contributed by atoms with Gasteiger partial charge in [-0.2, -0.15) is 4.98 Å². The van der Waals surface area contributed by atoms with Crippen molar-refractivity contribution in [3.63, 3.8) is 0 Å². The van der Waals surface area contributed by atoms with Crippen LogP contribution in [0.4, 0.5) is 5.69 Å². The van der Waals surface area contributed by atoms with Crippen molar-refractivity contribution in [3.05, 3.63) is 24.5 Å². The monoisotopic (exact) mass is 233 g/mol. The van der Waals surface area contributed by atoms with E-state index in [0.717, 1.165) is 12.2 Å². The molecule has 0 radical (unpaired) electrons. The number of ether oxygens (including phenoxy) is 1. The quantitative estimate of drug-likeness (QED) is 0.858. The lowest BCUT2D eigenvalue weighted by atomic mass is 10.4. The van der Waals surface area contributed by atoms with Crippen LogP contribution >= 0.6 is 0 Å². The highest BCUT2D eigenvalue weighted by atomic mass is 16.5. The fraction of sp³-hybridized carbons (Fsp3) is 0.364. The molecular formula is C11H15N5O. The van der Waals surface area contributed by atoms with E-state index in [-0.39, 0.29) is 0 Å². The van der Waals surface area contributed by atoms with E-state index in [1.165, 1.54) is 6.33 Å². The molecule has 2 N–H and O–H groups in total. The van der Waals surface area contributed by atoms with Gasteiger partial charge in [0.05, 0.1) is 6.61 Å². The predicted molar refractivity (Wildman–Crippen MR) is 64.1 cm³/mol. The molecule has 0 spiro atoms. The molecule has 0 bridgehead atoms. The van der Waals surface area contributed by atoms with Gasteiger partial charge in [-0.05, 0) is 6.92 Å². The van der Waals surface area contributed by atoms with E-state index in [1.54, 1.807) is 6.20 Å². The van der Waals surface area contributed by atoms with Crippen molar-refractivity contribution in [1.82, 2.24) is 19.5 Å². The van der Waals surface area contributed by atoms with Gasteiger partial charge in [0.25, 0.3) is 0 Å². The summed E-state index contributed by atoms with van der Waals surface area (Å²) in [6.07, 6.45) is 5.80. The van der Waals surface area contributed by atoms with Crippen molar-refractivity contribution >= 4 is 5.69 Å². The van der Waals surface area contributed by atoms with Crippen LogP contribution in [-0.2, 0) is 6.42 Å². The first-order valence-corrected chi connectivity index (χ1v) is 5.53. The molecule has 0 aliphatic rings. The Morgan fingerprint density at radius 1 is 1.29 bits per heavy atom. The molecule has 0 aliphatic heterocycles. The summed E-state index contributed by atoms with van der Waals surface area (Å²) in [7, 11) is 0. The Labute approximate surface area is 99.5 Å². The molecule has 0 fully saturated rings. The van der Waals surface area contributed by atoms with E-state index >= 15 is 0 Å². The van der Waals surface area contributed by atoms with Crippen molar-refractivity contribution in [2.24, 2.45) is 0 Å². The van der Waals surface area contributed by atoms with Gasteiger partial charge in [0.15, 0.2) is 5.82 Å². The standard InChI is InChI=1S/C11H15N5O/c1-3-8-13-5-6-16(8)10-9(12)11(17-4-2)15-7-14-10/h5-7H,3-4,12H2,1-2H3. The first-order chi connectivity index (χ1) is 8.27. The zero-order chi connectivity index (χ0) is 12.3. The molecule has 0 atom stereocenters. The normalized spacial score (nSPS) is 10.5. The minimum Gasteiger partial charge on any atom is -0.476 e. The van der Waals surface area contributed by atoms with E-state index in [4.69, 9.17) is 10.5 Å². The summed E-state index contributed by atoms with van der Waals surface area (Å²) in [6, 6.07) is 0. The smallest absolute Gasteiger partial charge is 0.242 e. The molecule has 0 saturated carbocycles. The highest BCUT2D eigenvalue weighted by molar-refractivity contribution is 5.60. The fourth-order valence-electron chi connectivity index (χ4n) is 1.60. The average Bonchev–Trinajstić information content (AvgIpc) is 2.80. The maximum absolute atomic E-state index is 5.99. The highest BCUT2D eigenvalue weighted by Crippen LogP contribution is 2.24. The van der Waals surface area contributed by atoms with Crippen molar-refractivity contribution in [2.75, 3.05) is 12.3 Å². The number of anilines is 1. The molecule has 2 rings (SSSR count). The van der Waals surface area contributed by atoms with E-state index in [2.05, 4.69) is 15.0 Å². The van der Waals surface area contributed by atoms with Gasteiger partial charge in [-0.25, -0.2) is 9.97 Å². The van der Waals surface area contributed by atoms with E-state index in [0.29, 0.717) is 24.0 Å². The topological polar surface area (TPSA) is 78.9 Å². The number of nitrogens with zero attached hydrogens (tertiary/aromatic N) is 4. The number of hydrogen-bond donors (Lipinski definition) is 1. The summed E-state index contributed by atoms with van der Waals surface area (Å²) in [5.41, 5.74) is 6.42. The first kappa shape index (κ1) is 11.4. The van der Waals surface area contributed by atoms with Crippen molar-refractivity contribution in [3.8, 4) is 11.7 Å². The van der Waals surface area contributed by atoms with Crippen molar-refractivity contribution < 1.29 is 4.74 Å². The second-order valence-corrected chi connectivity index (χ2v) is 3.42. The van der Waals surface area contributed by atoms with Crippen molar-refractivity contribution in [1.29, 1.82) is 0 Å². The summed E-state index contributed by atoms with van der Waals surface area (Å²) in [4.78, 5) is 12.4. The maximum Gasteiger partial charge on any atom is 0.242 e. The van der Waals surface area contributed by atoms with Gasteiger partial charge < -0.3 is 10.5 Å². The lowest BCUT2D eigenvalue weighted by Gasteiger charge is -2.11.